The van der Waals surface area contributed by atoms with Crippen LogP contribution in [0.1, 0.15) is 18.5 Å². The van der Waals surface area contributed by atoms with Crippen molar-refractivity contribution in [2.75, 3.05) is 25.6 Å². The average Bonchev–Trinajstić information content (AvgIpc) is 2.28. The first kappa shape index (κ1) is 12.5. The van der Waals surface area contributed by atoms with Crippen molar-refractivity contribution in [3.63, 3.8) is 0 Å². The van der Waals surface area contributed by atoms with Crippen LogP contribution in [0.5, 0.6) is 0 Å². The Balaban J connectivity index is 2.77. The third-order valence-corrected chi connectivity index (χ3v) is 2.31. The van der Waals surface area contributed by atoms with Crippen LogP contribution in [0.2, 0.25) is 0 Å². The van der Waals surface area contributed by atoms with Crippen LogP contribution in [-0.4, -0.2) is 26.7 Å². The second kappa shape index (κ2) is 5.51. The fourth-order valence-corrected chi connectivity index (χ4v) is 1.35. The van der Waals surface area contributed by atoms with Gasteiger partial charge in [0, 0.05) is 19.8 Å². The number of hydrogen-bond donors (Lipinski definition) is 1. The summed E-state index contributed by atoms with van der Waals surface area (Å²) >= 11 is 0. The van der Waals surface area contributed by atoms with E-state index in [9.17, 15) is 4.79 Å². The number of rotatable bonds is 4. The van der Waals surface area contributed by atoms with Gasteiger partial charge in [0.05, 0.1) is 6.61 Å². The van der Waals surface area contributed by atoms with Crippen LogP contribution in [0, 0.1) is 0 Å². The smallest absolute Gasteiger partial charge is 0.327 e. The summed E-state index contributed by atoms with van der Waals surface area (Å²) in [5, 5.41) is 0. The highest BCUT2D eigenvalue weighted by Gasteiger charge is 2.16. The Bertz CT molecular complexity index is 347. The van der Waals surface area contributed by atoms with Crippen molar-refractivity contribution in [1.29, 1.82) is 0 Å². The molecule has 1 rings (SSSR count). The number of carbonyl (C=O) groups is 1. The molecule has 0 saturated heterocycles. The molecule has 1 atom stereocenters. The molecular weight excluding hydrogens is 204 g/mol. The van der Waals surface area contributed by atoms with E-state index < -0.39 is 6.04 Å². The largest absolute Gasteiger partial charge is 0.465 e. The SMILES string of the molecule is CCOC(=O)C(N)c1ccc(N(C)C)cc1. The lowest BCUT2D eigenvalue weighted by molar-refractivity contribution is -0.144. The number of carbonyl (C=O) groups excluding carboxylic acids is 1. The van der Waals surface area contributed by atoms with Crippen molar-refractivity contribution in [3.05, 3.63) is 29.8 Å². The van der Waals surface area contributed by atoms with E-state index in [1.807, 2.05) is 43.3 Å². The van der Waals surface area contributed by atoms with Crippen LogP contribution < -0.4 is 10.6 Å². The van der Waals surface area contributed by atoms with Crippen molar-refractivity contribution in [2.24, 2.45) is 5.73 Å². The monoisotopic (exact) mass is 222 g/mol. The van der Waals surface area contributed by atoms with Gasteiger partial charge in [-0.2, -0.15) is 0 Å². The van der Waals surface area contributed by atoms with Crippen LogP contribution in [0.15, 0.2) is 24.3 Å². The Morgan fingerprint density at radius 3 is 2.38 bits per heavy atom. The van der Waals surface area contributed by atoms with Gasteiger partial charge in [0.15, 0.2) is 0 Å². The topological polar surface area (TPSA) is 55.6 Å². The minimum Gasteiger partial charge on any atom is -0.465 e. The molecule has 1 unspecified atom stereocenters. The van der Waals surface area contributed by atoms with Gasteiger partial charge in [-0.1, -0.05) is 12.1 Å². The van der Waals surface area contributed by atoms with Crippen LogP contribution in [0.3, 0.4) is 0 Å². The molecule has 0 aliphatic heterocycles. The third-order valence-electron chi connectivity index (χ3n) is 2.31. The molecule has 2 N–H and O–H groups in total. The molecule has 1 aromatic rings. The lowest BCUT2D eigenvalue weighted by atomic mass is 10.1. The molecule has 0 aliphatic carbocycles. The first-order valence-corrected chi connectivity index (χ1v) is 5.25. The molecule has 0 bridgehead atoms. The molecule has 4 heteroatoms. The maximum Gasteiger partial charge on any atom is 0.327 e. The number of hydrogen-bond acceptors (Lipinski definition) is 4. The molecule has 1 aromatic carbocycles. The first-order chi connectivity index (χ1) is 7.56. The summed E-state index contributed by atoms with van der Waals surface area (Å²) in [7, 11) is 3.92. The normalized spacial score (nSPS) is 12.0. The minimum atomic E-state index is -0.698. The zero-order valence-corrected chi connectivity index (χ0v) is 9.93. The Labute approximate surface area is 96.0 Å². The lowest BCUT2D eigenvalue weighted by Gasteiger charge is -2.15. The summed E-state index contributed by atoms with van der Waals surface area (Å²) in [6.45, 7) is 2.11. The Kier molecular flexibility index (Phi) is 4.31. The molecule has 0 fully saturated rings. The van der Waals surface area contributed by atoms with Gasteiger partial charge in [-0.15, -0.1) is 0 Å². The van der Waals surface area contributed by atoms with Crippen LogP contribution in [-0.2, 0) is 9.53 Å². The van der Waals surface area contributed by atoms with E-state index in [0.717, 1.165) is 11.3 Å². The van der Waals surface area contributed by atoms with Gasteiger partial charge in [0.2, 0.25) is 0 Å². The molecule has 0 radical (unpaired) electrons. The summed E-state index contributed by atoms with van der Waals surface area (Å²) in [6, 6.07) is 6.84. The summed E-state index contributed by atoms with van der Waals surface area (Å²) < 4.78 is 4.86. The predicted octanol–water partition coefficient (Wildman–Crippen LogP) is 1.32. The van der Waals surface area contributed by atoms with Gasteiger partial charge in [-0.05, 0) is 24.6 Å². The van der Waals surface area contributed by atoms with Gasteiger partial charge >= 0.3 is 5.97 Å². The fraction of sp³-hybridized carbons (Fsp3) is 0.417. The Hall–Kier alpha value is -1.55. The van der Waals surface area contributed by atoms with E-state index in [0.29, 0.717) is 6.61 Å². The zero-order valence-electron chi connectivity index (χ0n) is 9.93. The van der Waals surface area contributed by atoms with Crippen LogP contribution >= 0.6 is 0 Å². The highest BCUT2D eigenvalue weighted by Crippen LogP contribution is 2.17. The first-order valence-electron chi connectivity index (χ1n) is 5.25. The number of nitrogens with two attached hydrogens (primary N) is 1. The lowest BCUT2D eigenvalue weighted by Crippen LogP contribution is -2.23. The highest BCUT2D eigenvalue weighted by atomic mass is 16.5. The number of benzene rings is 1. The Morgan fingerprint density at radius 2 is 1.94 bits per heavy atom. The van der Waals surface area contributed by atoms with Crippen molar-refractivity contribution >= 4 is 11.7 Å². The van der Waals surface area contributed by atoms with Gasteiger partial charge in [0.25, 0.3) is 0 Å². The molecular formula is C12H18N2O2. The number of anilines is 1. The van der Waals surface area contributed by atoms with Gasteiger partial charge < -0.3 is 15.4 Å². The summed E-state index contributed by atoms with van der Waals surface area (Å²) in [6.07, 6.45) is 0. The van der Waals surface area contributed by atoms with E-state index in [2.05, 4.69) is 0 Å². The number of esters is 1. The second-order valence-electron chi connectivity index (χ2n) is 3.72. The molecule has 0 aliphatic rings. The van der Waals surface area contributed by atoms with Crippen molar-refractivity contribution in [2.45, 2.75) is 13.0 Å². The predicted molar refractivity (Wildman–Crippen MR) is 64.3 cm³/mol. The second-order valence-corrected chi connectivity index (χ2v) is 3.72. The zero-order chi connectivity index (χ0) is 12.1. The van der Waals surface area contributed by atoms with E-state index >= 15 is 0 Å². The molecule has 0 aromatic heterocycles. The van der Waals surface area contributed by atoms with E-state index in [-0.39, 0.29) is 5.97 Å². The van der Waals surface area contributed by atoms with E-state index in [4.69, 9.17) is 10.5 Å². The molecule has 0 heterocycles. The van der Waals surface area contributed by atoms with E-state index in [1.165, 1.54) is 0 Å². The van der Waals surface area contributed by atoms with Gasteiger partial charge in [0.1, 0.15) is 6.04 Å². The molecule has 0 saturated carbocycles. The quantitative estimate of drug-likeness (QED) is 0.780. The molecule has 88 valence electrons. The van der Waals surface area contributed by atoms with Gasteiger partial charge in [-0.3, -0.25) is 0 Å². The summed E-state index contributed by atoms with van der Waals surface area (Å²) in [4.78, 5) is 13.4. The fourth-order valence-electron chi connectivity index (χ4n) is 1.35. The average molecular weight is 222 g/mol. The van der Waals surface area contributed by atoms with E-state index in [1.54, 1.807) is 6.92 Å². The van der Waals surface area contributed by atoms with Crippen molar-refractivity contribution < 1.29 is 9.53 Å². The molecule has 0 amide bonds. The van der Waals surface area contributed by atoms with Crippen molar-refractivity contribution in [1.82, 2.24) is 0 Å². The van der Waals surface area contributed by atoms with Crippen molar-refractivity contribution in [3.8, 4) is 0 Å². The van der Waals surface area contributed by atoms with Crippen LogP contribution in [0.4, 0.5) is 5.69 Å². The molecule has 16 heavy (non-hydrogen) atoms. The van der Waals surface area contributed by atoms with Gasteiger partial charge in [-0.25, -0.2) is 4.79 Å². The molecule has 0 spiro atoms. The Morgan fingerprint density at radius 1 is 1.38 bits per heavy atom. The highest BCUT2D eigenvalue weighted by molar-refractivity contribution is 5.77. The number of ether oxygens (including phenoxy) is 1. The minimum absolute atomic E-state index is 0.350. The third kappa shape index (κ3) is 2.97. The number of nitrogens with zero attached hydrogens (tertiary/aromatic N) is 1. The standard InChI is InChI=1S/C12H18N2O2/c1-4-16-12(15)11(13)9-5-7-10(8-6-9)14(2)3/h5-8,11H,4,13H2,1-3H3. The van der Waals surface area contributed by atoms with Crippen LogP contribution in [0.25, 0.3) is 0 Å². The molecule has 4 nitrogen and oxygen atoms in total. The summed E-state index contributed by atoms with van der Waals surface area (Å²) in [5.74, 6) is -0.389. The maximum absolute atomic E-state index is 11.4. The summed E-state index contributed by atoms with van der Waals surface area (Å²) in [5.41, 5.74) is 7.60. The maximum atomic E-state index is 11.4.